The van der Waals surface area contributed by atoms with Gasteiger partial charge in [-0.3, -0.25) is 4.79 Å². The van der Waals surface area contributed by atoms with Gasteiger partial charge in [-0.1, -0.05) is 35.9 Å². The number of hydrogen-bond donors (Lipinski definition) is 2. The molecule has 24 heavy (non-hydrogen) atoms. The fourth-order valence-corrected chi connectivity index (χ4v) is 2.92. The first kappa shape index (κ1) is 16.6. The molecule has 6 heteroatoms. The molecule has 2 aromatic carbocycles. The number of carbonyl (C=O) groups is 1. The predicted molar refractivity (Wildman–Crippen MR) is 91.7 cm³/mol. The lowest BCUT2D eigenvalue weighted by Gasteiger charge is -2.13. The molecule has 0 saturated carbocycles. The minimum atomic E-state index is -0.192. The number of ether oxygens (including phenoxy) is 2. The van der Waals surface area contributed by atoms with E-state index in [1.807, 2.05) is 18.2 Å². The summed E-state index contributed by atoms with van der Waals surface area (Å²) in [5, 5.41) is 3.33. The smallest absolute Gasteiger partial charge is 0.251 e. The van der Waals surface area contributed by atoms with E-state index in [-0.39, 0.29) is 12.7 Å². The van der Waals surface area contributed by atoms with Crippen LogP contribution in [0.3, 0.4) is 0 Å². The lowest BCUT2D eigenvalue weighted by molar-refractivity contribution is -0.872. The molecule has 0 aromatic heterocycles. The van der Waals surface area contributed by atoms with E-state index in [2.05, 4.69) is 25.5 Å². The summed E-state index contributed by atoms with van der Waals surface area (Å²) in [6, 6.07) is 11.4. The van der Waals surface area contributed by atoms with Crippen LogP contribution in [0.25, 0.3) is 0 Å². The Morgan fingerprint density at radius 1 is 1.21 bits per heavy atom. The molecule has 2 aromatic rings. The minimum absolute atomic E-state index is 0.125. The highest BCUT2D eigenvalue weighted by molar-refractivity contribution is 6.32. The summed E-state index contributed by atoms with van der Waals surface area (Å²) in [4.78, 5) is 13.8. The van der Waals surface area contributed by atoms with Gasteiger partial charge in [0.2, 0.25) is 6.79 Å². The van der Waals surface area contributed by atoms with Crippen molar-refractivity contribution in [2.75, 3.05) is 20.9 Å². The molecule has 1 heterocycles. The summed E-state index contributed by atoms with van der Waals surface area (Å²) in [6.45, 7) is 1.50. The quantitative estimate of drug-likeness (QED) is 0.864. The Kier molecular flexibility index (Phi) is 4.92. The molecule has 1 amide bonds. The maximum atomic E-state index is 12.4. The second kappa shape index (κ2) is 7.11. The predicted octanol–water partition coefficient (Wildman–Crippen LogP) is 1.64. The summed E-state index contributed by atoms with van der Waals surface area (Å²) >= 11 is 6.13. The molecule has 126 valence electrons. The van der Waals surface area contributed by atoms with E-state index in [0.29, 0.717) is 28.6 Å². The minimum Gasteiger partial charge on any atom is -0.454 e. The van der Waals surface area contributed by atoms with Crippen LogP contribution in [0.2, 0.25) is 5.02 Å². The number of carbonyl (C=O) groups excluding carboxylic acids is 1. The highest BCUT2D eigenvalue weighted by Gasteiger charge is 2.20. The Hall–Kier alpha value is -2.24. The van der Waals surface area contributed by atoms with E-state index in [4.69, 9.17) is 21.1 Å². The van der Waals surface area contributed by atoms with Crippen LogP contribution in [0.15, 0.2) is 36.4 Å². The van der Waals surface area contributed by atoms with Crippen molar-refractivity contribution < 1.29 is 19.2 Å². The average Bonchev–Trinajstić information content (AvgIpc) is 3.02. The van der Waals surface area contributed by atoms with Crippen molar-refractivity contribution in [2.24, 2.45) is 0 Å². The highest BCUT2D eigenvalue weighted by Crippen LogP contribution is 2.39. The first-order valence-corrected chi connectivity index (χ1v) is 8.15. The normalized spacial score (nSPS) is 12.5. The number of hydrogen-bond acceptors (Lipinski definition) is 3. The third-order valence-corrected chi connectivity index (χ3v) is 4.07. The number of amides is 1. The molecule has 1 aliphatic rings. The number of halogens is 1. The van der Waals surface area contributed by atoms with Crippen LogP contribution >= 0.6 is 11.6 Å². The molecule has 0 aliphatic carbocycles. The lowest BCUT2D eigenvalue weighted by atomic mass is 10.1. The molecular formula is C18H20ClN2O3+. The van der Waals surface area contributed by atoms with Gasteiger partial charge in [0.1, 0.15) is 6.54 Å². The Balaban J connectivity index is 1.72. The first-order valence-electron chi connectivity index (χ1n) is 7.77. The number of quaternary nitrogens is 1. The maximum absolute atomic E-state index is 12.4. The zero-order valence-corrected chi connectivity index (χ0v) is 14.4. The Labute approximate surface area is 146 Å². The van der Waals surface area contributed by atoms with Crippen molar-refractivity contribution in [2.45, 2.75) is 13.1 Å². The van der Waals surface area contributed by atoms with Gasteiger partial charge >= 0.3 is 0 Å². The third kappa shape index (κ3) is 3.63. The van der Waals surface area contributed by atoms with E-state index >= 15 is 0 Å². The van der Waals surface area contributed by atoms with Gasteiger partial charge in [0.05, 0.1) is 19.1 Å². The monoisotopic (exact) mass is 347 g/mol. The van der Waals surface area contributed by atoms with Crippen molar-refractivity contribution in [3.05, 3.63) is 58.1 Å². The van der Waals surface area contributed by atoms with Crippen LogP contribution < -0.4 is 19.7 Å². The molecule has 0 unspecified atom stereocenters. The fraction of sp³-hybridized carbons (Fsp3) is 0.278. The van der Waals surface area contributed by atoms with Crippen molar-refractivity contribution >= 4 is 17.5 Å². The average molecular weight is 348 g/mol. The topological polar surface area (TPSA) is 52.0 Å². The SMILES string of the molecule is C[NH+](C)Cc1ccccc1CNC(=O)c1cc(Cl)c2c(c1)OCO2. The summed E-state index contributed by atoms with van der Waals surface area (Å²) in [5.41, 5.74) is 2.79. The number of nitrogens with one attached hydrogen (secondary N) is 2. The molecule has 2 N–H and O–H groups in total. The molecule has 3 rings (SSSR count). The zero-order valence-electron chi connectivity index (χ0n) is 13.7. The first-order chi connectivity index (χ1) is 11.5. The van der Waals surface area contributed by atoms with E-state index in [1.165, 1.54) is 10.5 Å². The van der Waals surface area contributed by atoms with Crippen molar-refractivity contribution in [1.29, 1.82) is 0 Å². The molecule has 0 fully saturated rings. The number of rotatable bonds is 5. The fourth-order valence-electron chi connectivity index (χ4n) is 2.66. The van der Waals surface area contributed by atoms with Crippen LogP contribution in [0.5, 0.6) is 11.5 Å². The molecular weight excluding hydrogens is 328 g/mol. The standard InChI is InChI=1S/C18H19ClN2O3/c1-21(2)10-13-6-4-3-5-12(13)9-20-18(22)14-7-15(19)17-16(8-14)23-11-24-17/h3-8H,9-11H2,1-2H3,(H,20,22)/p+1. The van der Waals surface area contributed by atoms with E-state index in [9.17, 15) is 4.79 Å². The van der Waals surface area contributed by atoms with Crippen LogP contribution in [0.4, 0.5) is 0 Å². The van der Waals surface area contributed by atoms with E-state index in [0.717, 1.165) is 12.1 Å². The van der Waals surface area contributed by atoms with Gasteiger partial charge in [-0.25, -0.2) is 0 Å². The van der Waals surface area contributed by atoms with Gasteiger partial charge in [0.25, 0.3) is 5.91 Å². The van der Waals surface area contributed by atoms with Crippen molar-refractivity contribution in [1.82, 2.24) is 5.32 Å². The molecule has 0 radical (unpaired) electrons. The summed E-state index contributed by atoms with van der Waals surface area (Å²) in [5.74, 6) is 0.805. The van der Waals surface area contributed by atoms with Gasteiger partial charge in [0.15, 0.2) is 11.5 Å². The van der Waals surface area contributed by atoms with Gasteiger partial charge < -0.3 is 19.7 Å². The van der Waals surface area contributed by atoms with Gasteiger partial charge in [-0.05, 0) is 17.7 Å². The van der Waals surface area contributed by atoms with Gasteiger partial charge in [0, 0.05) is 17.7 Å². The number of benzene rings is 2. The van der Waals surface area contributed by atoms with E-state index < -0.39 is 0 Å². The lowest BCUT2D eigenvalue weighted by Crippen LogP contribution is -3.04. The third-order valence-electron chi connectivity index (χ3n) is 3.79. The number of fused-ring (bicyclic) bond motifs is 1. The van der Waals surface area contributed by atoms with Crippen LogP contribution in [-0.2, 0) is 13.1 Å². The highest BCUT2D eigenvalue weighted by atomic mass is 35.5. The summed E-state index contributed by atoms with van der Waals surface area (Å²) in [6.07, 6.45) is 0. The van der Waals surface area contributed by atoms with Crippen LogP contribution in [0, 0.1) is 0 Å². The Bertz CT molecular complexity index is 762. The summed E-state index contributed by atoms with van der Waals surface area (Å²) in [7, 11) is 4.20. The Morgan fingerprint density at radius 2 is 1.96 bits per heavy atom. The second-order valence-corrected chi connectivity index (χ2v) is 6.43. The Morgan fingerprint density at radius 3 is 2.71 bits per heavy atom. The van der Waals surface area contributed by atoms with Crippen LogP contribution in [-0.4, -0.2) is 26.8 Å². The van der Waals surface area contributed by atoms with Crippen molar-refractivity contribution in [3.63, 3.8) is 0 Å². The summed E-state index contributed by atoms with van der Waals surface area (Å²) < 4.78 is 10.6. The van der Waals surface area contributed by atoms with E-state index in [1.54, 1.807) is 12.1 Å². The second-order valence-electron chi connectivity index (χ2n) is 6.03. The molecule has 1 aliphatic heterocycles. The zero-order chi connectivity index (χ0) is 17.1. The van der Waals surface area contributed by atoms with Gasteiger partial charge in [-0.15, -0.1) is 0 Å². The largest absolute Gasteiger partial charge is 0.454 e. The molecule has 0 bridgehead atoms. The van der Waals surface area contributed by atoms with Crippen LogP contribution in [0.1, 0.15) is 21.5 Å². The van der Waals surface area contributed by atoms with Gasteiger partial charge in [-0.2, -0.15) is 0 Å². The molecule has 0 spiro atoms. The molecule has 0 atom stereocenters. The molecule has 5 nitrogen and oxygen atoms in total. The van der Waals surface area contributed by atoms with Crippen molar-refractivity contribution in [3.8, 4) is 11.5 Å². The molecule has 0 saturated heterocycles. The maximum Gasteiger partial charge on any atom is 0.251 e.